The van der Waals surface area contributed by atoms with E-state index in [0.29, 0.717) is 5.69 Å². The monoisotopic (exact) mass is 387 g/mol. The highest BCUT2D eigenvalue weighted by Gasteiger charge is 2.16. The van der Waals surface area contributed by atoms with Crippen molar-refractivity contribution in [3.05, 3.63) is 82.4 Å². The van der Waals surface area contributed by atoms with Crippen LogP contribution in [0, 0.1) is 10.1 Å². The number of aromatic nitrogens is 2. The van der Waals surface area contributed by atoms with Gasteiger partial charge in [0.05, 0.1) is 16.0 Å². The van der Waals surface area contributed by atoms with Gasteiger partial charge >= 0.3 is 0 Å². The Hall–Kier alpha value is -4.20. The number of carbonyl (C=O) groups is 1. The number of nitrogen functional groups attached to an aromatic ring is 1. The summed E-state index contributed by atoms with van der Waals surface area (Å²) >= 11 is 0. The van der Waals surface area contributed by atoms with Crippen LogP contribution in [0.3, 0.4) is 0 Å². The van der Waals surface area contributed by atoms with Gasteiger partial charge in [-0.25, -0.2) is 4.98 Å². The number of hydrogen-bond acceptors (Lipinski definition) is 5. The van der Waals surface area contributed by atoms with Crippen LogP contribution in [-0.4, -0.2) is 20.4 Å². The number of nitrogens with one attached hydrogen (secondary N) is 1. The van der Waals surface area contributed by atoms with E-state index in [2.05, 4.69) is 10.3 Å². The molecule has 3 N–H and O–H groups in total. The maximum absolute atomic E-state index is 12.4. The van der Waals surface area contributed by atoms with Gasteiger partial charge in [0.2, 0.25) is 0 Å². The van der Waals surface area contributed by atoms with Crippen molar-refractivity contribution in [1.29, 1.82) is 0 Å². The van der Waals surface area contributed by atoms with Crippen molar-refractivity contribution in [3.8, 4) is 11.4 Å². The zero-order valence-corrected chi connectivity index (χ0v) is 15.5. The van der Waals surface area contributed by atoms with Crippen molar-refractivity contribution in [2.75, 3.05) is 11.1 Å². The molecule has 1 heterocycles. The van der Waals surface area contributed by atoms with Crippen LogP contribution >= 0.6 is 0 Å². The van der Waals surface area contributed by atoms with Crippen LogP contribution in [0.4, 0.5) is 17.1 Å². The number of nitrogens with zero attached hydrogens (tertiary/aromatic N) is 3. The van der Waals surface area contributed by atoms with Crippen molar-refractivity contribution >= 4 is 34.0 Å². The lowest BCUT2D eigenvalue weighted by Gasteiger charge is -2.08. The molecule has 4 aromatic rings. The van der Waals surface area contributed by atoms with Gasteiger partial charge in [-0.2, -0.15) is 0 Å². The number of aryl methyl sites for hydroxylation is 1. The number of nitrogens with two attached hydrogens (primary N) is 1. The van der Waals surface area contributed by atoms with E-state index in [9.17, 15) is 14.9 Å². The highest BCUT2D eigenvalue weighted by atomic mass is 16.6. The first-order chi connectivity index (χ1) is 13.9. The van der Waals surface area contributed by atoms with E-state index in [1.165, 1.54) is 18.2 Å². The molecule has 3 aromatic carbocycles. The molecule has 0 aliphatic rings. The molecule has 4 rings (SSSR count). The van der Waals surface area contributed by atoms with Crippen LogP contribution in [0.25, 0.3) is 22.4 Å². The Kier molecular flexibility index (Phi) is 4.44. The van der Waals surface area contributed by atoms with Crippen molar-refractivity contribution in [3.63, 3.8) is 0 Å². The summed E-state index contributed by atoms with van der Waals surface area (Å²) in [7, 11) is 1.95. The number of nitro groups is 1. The van der Waals surface area contributed by atoms with Gasteiger partial charge in [0, 0.05) is 29.9 Å². The van der Waals surface area contributed by atoms with E-state index < -0.39 is 10.8 Å². The maximum atomic E-state index is 12.4. The van der Waals surface area contributed by atoms with Crippen molar-refractivity contribution in [1.82, 2.24) is 9.55 Å². The van der Waals surface area contributed by atoms with Gasteiger partial charge in [-0.15, -0.1) is 0 Å². The summed E-state index contributed by atoms with van der Waals surface area (Å²) in [6, 6.07) is 19.1. The molecule has 0 spiro atoms. The zero-order chi connectivity index (χ0) is 20.5. The van der Waals surface area contributed by atoms with Gasteiger partial charge < -0.3 is 15.6 Å². The first kappa shape index (κ1) is 18.2. The summed E-state index contributed by atoms with van der Waals surface area (Å²) < 4.78 is 2.01. The standard InChI is InChI=1S/C21H17N5O3/c1-25-18-5-3-2-4-17(18)24-20(25)13-6-9-15(10-7-13)23-21(27)14-8-11-16(22)19(12-14)26(28)29/h2-12H,22H2,1H3,(H,23,27). The average molecular weight is 387 g/mol. The van der Waals surface area contributed by atoms with Gasteiger partial charge in [0.15, 0.2) is 0 Å². The third-order valence-corrected chi connectivity index (χ3v) is 4.68. The van der Waals surface area contributed by atoms with Crippen LogP contribution in [0.5, 0.6) is 0 Å². The molecule has 144 valence electrons. The second-order valence-corrected chi connectivity index (χ2v) is 6.55. The number of nitro benzene ring substituents is 1. The summed E-state index contributed by atoms with van der Waals surface area (Å²) in [4.78, 5) is 27.5. The molecular formula is C21H17N5O3. The third-order valence-electron chi connectivity index (χ3n) is 4.68. The normalized spacial score (nSPS) is 10.8. The summed E-state index contributed by atoms with van der Waals surface area (Å²) in [5, 5.41) is 13.7. The lowest BCUT2D eigenvalue weighted by atomic mass is 10.1. The molecule has 0 fully saturated rings. The van der Waals surface area contributed by atoms with Crippen molar-refractivity contribution in [2.45, 2.75) is 0 Å². The molecule has 0 unspecified atom stereocenters. The SMILES string of the molecule is Cn1c(-c2ccc(NC(=O)c3ccc(N)c([N+](=O)[O-])c3)cc2)nc2ccccc21. The number of fused-ring (bicyclic) bond motifs is 1. The molecular weight excluding hydrogens is 370 g/mol. The number of amides is 1. The summed E-state index contributed by atoms with van der Waals surface area (Å²) in [6.07, 6.45) is 0. The molecule has 0 radical (unpaired) electrons. The summed E-state index contributed by atoms with van der Waals surface area (Å²) in [6.45, 7) is 0. The fourth-order valence-corrected chi connectivity index (χ4v) is 3.15. The molecule has 8 heteroatoms. The van der Waals surface area contributed by atoms with E-state index >= 15 is 0 Å². The molecule has 1 aromatic heterocycles. The Balaban J connectivity index is 1.57. The first-order valence-corrected chi connectivity index (χ1v) is 8.81. The molecule has 8 nitrogen and oxygen atoms in total. The molecule has 1 amide bonds. The Bertz CT molecular complexity index is 1250. The molecule has 0 aliphatic heterocycles. The Morgan fingerprint density at radius 2 is 1.83 bits per heavy atom. The molecule has 0 atom stereocenters. The lowest BCUT2D eigenvalue weighted by molar-refractivity contribution is -0.383. The van der Waals surface area contributed by atoms with Crippen molar-refractivity contribution in [2.24, 2.45) is 7.05 Å². The Labute approximate surface area is 165 Å². The Morgan fingerprint density at radius 3 is 2.52 bits per heavy atom. The number of para-hydroxylation sites is 2. The smallest absolute Gasteiger partial charge is 0.292 e. The summed E-state index contributed by atoms with van der Waals surface area (Å²) in [5.74, 6) is 0.363. The van der Waals surface area contributed by atoms with Gasteiger partial charge in [0.25, 0.3) is 11.6 Å². The van der Waals surface area contributed by atoms with E-state index in [0.717, 1.165) is 22.4 Å². The van der Waals surface area contributed by atoms with E-state index in [4.69, 9.17) is 5.73 Å². The fraction of sp³-hybridized carbons (Fsp3) is 0.0476. The third kappa shape index (κ3) is 3.39. The minimum atomic E-state index is -0.613. The summed E-state index contributed by atoms with van der Waals surface area (Å²) in [5.41, 5.74) is 8.86. The topological polar surface area (TPSA) is 116 Å². The fourth-order valence-electron chi connectivity index (χ4n) is 3.15. The average Bonchev–Trinajstić information content (AvgIpc) is 3.05. The van der Waals surface area contributed by atoms with Crippen LogP contribution < -0.4 is 11.1 Å². The quantitative estimate of drug-likeness (QED) is 0.312. The predicted molar refractivity (Wildman–Crippen MR) is 112 cm³/mol. The van der Waals surface area contributed by atoms with Gasteiger partial charge in [0.1, 0.15) is 11.5 Å². The minimum absolute atomic E-state index is 0.0124. The van der Waals surface area contributed by atoms with Crippen molar-refractivity contribution < 1.29 is 9.72 Å². The second kappa shape index (κ2) is 7.08. The number of anilines is 2. The largest absolute Gasteiger partial charge is 0.393 e. The molecule has 0 bridgehead atoms. The highest BCUT2D eigenvalue weighted by molar-refractivity contribution is 6.05. The molecule has 0 aliphatic carbocycles. The maximum Gasteiger partial charge on any atom is 0.292 e. The minimum Gasteiger partial charge on any atom is -0.393 e. The van der Waals surface area contributed by atoms with E-state index in [-0.39, 0.29) is 16.9 Å². The van der Waals surface area contributed by atoms with E-state index in [1.807, 2.05) is 48.0 Å². The Morgan fingerprint density at radius 1 is 1.10 bits per heavy atom. The number of benzene rings is 3. The predicted octanol–water partition coefficient (Wildman–Crippen LogP) is 3.98. The van der Waals surface area contributed by atoms with Crippen LogP contribution in [0.15, 0.2) is 66.7 Å². The molecule has 0 saturated heterocycles. The number of carbonyl (C=O) groups excluding carboxylic acids is 1. The van der Waals surface area contributed by atoms with Crippen LogP contribution in [0.2, 0.25) is 0 Å². The molecule has 29 heavy (non-hydrogen) atoms. The van der Waals surface area contributed by atoms with E-state index in [1.54, 1.807) is 12.1 Å². The second-order valence-electron chi connectivity index (χ2n) is 6.55. The van der Waals surface area contributed by atoms with Gasteiger partial charge in [-0.1, -0.05) is 12.1 Å². The number of hydrogen-bond donors (Lipinski definition) is 2. The van der Waals surface area contributed by atoms with Gasteiger partial charge in [-0.3, -0.25) is 14.9 Å². The highest BCUT2D eigenvalue weighted by Crippen LogP contribution is 2.26. The zero-order valence-electron chi connectivity index (χ0n) is 15.5. The van der Waals surface area contributed by atoms with Crippen LogP contribution in [-0.2, 0) is 7.05 Å². The number of rotatable bonds is 4. The first-order valence-electron chi connectivity index (χ1n) is 8.81. The molecule has 0 saturated carbocycles. The van der Waals surface area contributed by atoms with Crippen LogP contribution in [0.1, 0.15) is 10.4 Å². The lowest BCUT2D eigenvalue weighted by Crippen LogP contribution is -2.12. The number of imidazole rings is 1. The van der Waals surface area contributed by atoms with Gasteiger partial charge in [-0.05, 0) is 48.5 Å².